The van der Waals surface area contributed by atoms with E-state index < -0.39 is 0 Å². The van der Waals surface area contributed by atoms with Crippen LogP contribution < -0.4 is 11.1 Å². The molecule has 1 aliphatic carbocycles. The van der Waals surface area contributed by atoms with Gasteiger partial charge in [-0.3, -0.25) is 4.79 Å². The van der Waals surface area contributed by atoms with E-state index in [4.69, 9.17) is 5.73 Å². The standard InChI is InChI=1S/C15H29N3O/c1-14(7-9-18(2)10-8-14)12-17-13(19)15(11-16)5-3-4-6-15/h3-12,16H2,1-2H3,(H,17,19). The smallest absolute Gasteiger partial charge is 0.227 e. The minimum atomic E-state index is -0.262. The van der Waals surface area contributed by atoms with Gasteiger partial charge in [0.15, 0.2) is 0 Å². The molecule has 2 rings (SSSR count). The molecule has 2 aliphatic rings. The van der Waals surface area contributed by atoms with Crippen LogP contribution in [0.2, 0.25) is 0 Å². The molecule has 19 heavy (non-hydrogen) atoms. The zero-order chi connectivity index (χ0) is 13.9. The lowest BCUT2D eigenvalue weighted by atomic mass is 9.79. The lowest BCUT2D eigenvalue weighted by Gasteiger charge is -2.39. The monoisotopic (exact) mass is 267 g/mol. The van der Waals surface area contributed by atoms with Gasteiger partial charge in [-0.2, -0.15) is 0 Å². The fourth-order valence-corrected chi connectivity index (χ4v) is 3.39. The van der Waals surface area contributed by atoms with Gasteiger partial charge >= 0.3 is 0 Å². The molecule has 0 atom stereocenters. The minimum Gasteiger partial charge on any atom is -0.355 e. The van der Waals surface area contributed by atoms with Crippen LogP contribution >= 0.6 is 0 Å². The molecule has 0 spiro atoms. The Morgan fingerprint density at radius 3 is 2.32 bits per heavy atom. The summed E-state index contributed by atoms with van der Waals surface area (Å²) in [6.45, 7) is 5.87. The van der Waals surface area contributed by atoms with Crippen LogP contribution in [0.25, 0.3) is 0 Å². The first-order valence-electron chi connectivity index (χ1n) is 7.67. The number of carbonyl (C=O) groups is 1. The molecule has 0 aromatic rings. The number of nitrogens with zero attached hydrogens (tertiary/aromatic N) is 1. The summed E-state index contributed by atoms with van der Waals surface area (Å²) in [5.74, 6) is 0.202. The molecule has 1 amide bonds. The van der Waals surface area contributed by atoms with Gasteiger partial charge in [0.1, 0.15) is 0 Å². The number of carbonyl (C=O) groups excluding carboxylic acids is 1. The van der Waals surface area contributed by atoms with Gasteiger partial charge in [0.25, 0.3) is 0 Å². The molecule has 0 aromatic heterocycles. The molecule has 1 aliphatic heterocycles. The summed E-state index contributed by atoms with van der Waals surface area (Å²) in [6.07, 6.45) is 6.56. The number of hydrogen-bond donors (Lipinski definition) is 2. The molecule has 0 bridgehead atoms. The number of amides is 1. The second kappa shape index (κ2) is 5.80. The lowest BCUT2D eigenvalue weighted by molar-refractivity contribution is -0.131. The molecule has 0 aromatic carbocycles. The van der Waals surface area contributed by atoms with Gasteiger partial charge in [0, 0.05) is 13.1 Å². The first-order chi connectivity index (χ1) is 9.00. The zero-order valence-corrected chi connectivity index (χ0v) is 12.5. The fourth-order valence-electron chi connectivity index (χ4n) is 3.39. The number of rotatable bonds is 4. The SMILES string of the molecule is CN1CCC(C)(CNC(=O)C2(CN)CCCC2)CC1. The first kappa shape index (κ1) is 14.8. The number of nitrogens with two attached hydrogens (primary N) is 1. The molecule has 0 unspecified atom stereocenters. The summed E-state index contributed by atoms with van der Waals surface area (Å²) < 4.78 is 0. The third-order valence-corrected chi connectivity index (χ3v) is 5.30. The predicted molar refractivity (Wildman–Crippen MR) is 77.8 cm³/mol. The van der Waals surface area contributed by atoms with Gasteiger partial charge in [0.05, 0.1) is 5.41 Å². The second-order valence-electron chi connectivity index (χ2n) is 6.99. The van der Waals surface area contributed by atoms with Gasteiger partial charge in [-0.15, -0.1) is 0 Å². The normalized spacial score (nSPS) is 26.3. The highest BCUT2D eigenvalue weighted by atomic mass is 16.2. The highest BCUT2D eigenvalue weighted by molar-refractivity contribution is 5.83. The van der Waals surface area contributed by atoms with E-state index in [9.17, 15) is 4.79 Å². The van der Waals surface area contributed by atoms with Crippen molar-refractivity contribution < 1.29 is 4.79 Å². The third-order valence-electron chi connectivity index (χ3n) is 5.30. The van der Waals surface area contributed by atoms with Gasteiger partial charge < -0.3 is 16.0 Å². The summed E-state index contributed by atoms with van der Waals surface area (Å²) in [4.78, 5) is 14.8. The van der Waals surface area contributed by atoms with Crippen LogP contribution in [-0.2, 0) is 4.79 Å². The average molecular weight is 267 g/mol. The van der Waals surface area contributed by atoms with E-state index in [1.165, 1.54) is 12.8 Å². The highest BCUT2D eigenvalue weighted by Gasteiger charge is 2.40. The van der Waals surface area contributed by atoms with Crippen LogP contribution in [0.4, 0.5) is 0 Å². The summed E-state index contributed by atoms with van der Waals surface area (Å²) in [5, 5.41) is 3.20. The third kappa shape index (κ3) is 3.29. The van der Waals surface area contributed by atoms with Crippen molar-refractivity contribution in [3.05, 3.63) is 0 Å². The second-order valence-corrected chi connectivity index (χ2v) is 6.99. The van der Waals surface area contributed by atoms with Crippen molar-refractivity contribution in [2.45, 2.75) is 45.4 Å². The van der Waals surface area contributed by atoms with E-state index in [2.05, 4.69) is 24.2 Å². The van der Waals surface area contributed by atoms with Gasteiger partial charge in [-0.05, 0) is 51.2 Å². The van der Waals surface area contributed by atoms with E-state index in [0.717, 1.165) is 45.3 Å². The summed E-state index contributed by atoms with van der Waals surface area (Å²) in [7, 11) is 2.17. The predicted octanol–water partition coefficient (Wildman–Crippen LogP) is 1.35. The Morgan fingerprint density at radius 2 is 1.79 bits per heavy atom. The van der Waals surface area contributed by atoms with Crippen LogP contribution in [0.1, 0.15) is 45.4 Å². The van der Waals surface area contributed by atoms with Gasteiger partial charge in [-0.25, -0.2) is 0 Å². The van der Waals surface area contributed by atoms with E-state index in [-0.39, 0.29) is 16.7 Å². The fraction of sp³-hybridized carbons (Fsp3) is 0.933. The average Bonchev–Trinajstić information content (AvgIpc) is 2.90. The van der Waals surface area contributed by atoms with Gasteiger partial charge in [0.2, 0.25) is 5.91 Å². The molecule has 2 fully saturated rings. The Bertz CT molecular complexity index is 315. The number of piperidine rings is 1. The Balaban J connectivity index is 1.86. The number of nitrogens with one attached hydrogen (secondary N) is 1. The molecule has 0 radical (unpaired) electrons. The molecule has 110 valence electrons. The van der Waals surface area contributed by atoms with Crippen LogP contribution in [-0.4, -0.2) is 44.0 Å². The van der Waals surface area contributed by atoms with Gasteiger partial charge in [-0.1, -0.05) is 19.8 Å². The van der Waals surface area contributed by atoms with Crippen LogP contribution in [0, 0.1) is 10.8 Å². The maximum atomic E-state index is 12.4. The molecule has 1 saturated carbocycles. The minimum absolute atomic E-state index is 0.202. The van der Waals surface area contributed by atoms with E-state index in [1.54, 1.807) is 0 Å². The Kier molecular flexibility index (Phi) is 4.51. The van der Waals surface area contributed by atoms with Crippen molar-refractivity contribution in [3.63, 3.8) is 0 Å². The van der Waals surface area contributed by atoms with Crippen molar-refractivity contribution in [2.24, 2.45) is 16.6 Å². The summed E-state index contributed by atoms with van der Waals surface area (Å²) in [5.41, 5.74) is 5.86. The molecular weight excluding hydrogens is 238 g/mol. The van der Waals surface area contributed by atoms with Crippen molar-refractivity contribution in [2.75, 3.05) is 33.2 Å². The quantitative estimate of drug-likeness (QED) is 0.808. The first-order valence-corrected chi connectivity index (χ1v) is 7.67. The highest BCUT2D eigenvalue weighted by Crippen LogP contribution is 2.38. The molecule has 4 heteroatoms. The van der Waals surface area contributed by atoms with Crippen LogP contribution in [0.3, 0.4) is 0 Å². The summed E-state index contributed by atoms with van der Waals surface area (Å²) in [6, 6.07) is 0. The Labute approximate surface area is 117 Å². The lowest BCUT2D eigenvalue weighted by Crippen LogP contribution is -2.49. The Hall–Kier alpha value is -0.610. The topological polar surface area (TPSA) is 58.4 Å². The largest absolute Gasteiger partial charge is 0.355 e. The van der Waals surface area contributed by atoms with Crippen molar-refractivity contribution in [3.8, 4) is 0 Å². The molecule has 1 heterocycles. The Morgan fingerprint density at radius 1 is 1.21 bits per heavy atom. The summed E-state index contributed by atoms with van der Waals surface area (Å²) >= 11 is 0. The molecule has 4 nitrogen and oxygen atoms in total. The zero-order valence-electron chi connectivity index (χ0n) is 12.5. The van der Waals surface area contributed by atoms with E-state index in [1.807, 2.05) is 0 Å². The molecule has 1 saturated heterocycles. The number of likely N-dealkylation sites (tertiary alicyclic amines) is 1. The van der Waals surface area contributed by atoms with Crippen molar-refractivity contribution in [1.29, 1.82) is 0 Å². The maximum Gasteiger partial charge on any atom is 0.227 e. The van der Waals surface area contributed by atoms with E-state index in [0.29, 0.717) is 6.54 Å². The number of hydrogen-bond acceptors (Lipinski definition) is 3. The van der Waals surface area contributed by atoms with Crippen molar-refractivity contribution in [1.82, 2.24) is 10.2 Å². The van der Waals surface area contributed by atoms with E-state index >= 15 is 0 Å². The van der Waals surface area contributed by atoms with Crippen LogP contribution in [0.15, 0.2) is 0 Å². The molecular formula is C15H29N3O. The van der Waals surface area contributed by atoms with Crippen molar-refractivity contribution >= 4 is 5.91 Å². The van der Waals surface area contributed by atoms with Crippen LogP contribution in [0.5, 0.6) is 0 Å². The molecule has 3 N–H and O–H groups in total. The maximum absolute atomic E-state index is 12.4.